The van der Waals surface area contributed by atoms with E-state index < -0.39 is 10.2 Å². The van der Waals surface area contributed by atoms with Gasteiger partial charge in [0.05, 0.1) is 0 Å². The number of rotatable bonds is 9. The molecule has 6 heteroatoms. The van der Waals surface area contributed by atoms with Crippen molar-refractivity contribution >= 4 is 10.2 Å². The fraction of sp³-hybridized carbons (Fsp3) is 1.00. The monoisotopic (exact) mass is 293 g/mol. The lowest BCUT2D eigenvalue weighted by molar-refractivity contribution is 0.310. The van der Waals surface area contributed by atoms with Crippen molar-refractivity contribution in [1.82, 2.24) is 14.3 Å². The van der Waals surface area contributed by atoms with Crippen molar-refractivity contribution in [2.24, 2.45) is 5.41 Å². The van der Waals surface area contributed by atoms with Crippen LogP contribution in [0.25, 0.3) is 0 Å². The fourth-order valence-electron chi connectivity index (χ4n) is 1.34. The summed E-state index contributed by atoms with van der Waals surface area (Å²) < 4.78 is 28.3. The van der Waals surface area contributed by atoms with E-state index in [1.165, 1.54) is 4.31 Å². The summed E-state index contributed by atoms with van der Waals surface area (Å²) in [6.45, 7) is 12.4. The Morgan fingerprint density at radius 2 is 1.79 bits per heavy atom. The van der Waals surface area contributed by atoms with Crippen molar-refractivity contribution in [2.75, 3.05) is 26.7 Å². The van der Waals surface area contributed by atoms with E-state index in [9.17, 15) is 8.42 Å². The van der Waals surface area contributed by atoms with E-state index in [2.05, 4.69) is 17.0 Å². The second-order valence-electron chi connectivity index (χ2n) is 6.14. The van der Waals surface area contributed by atoms with Gasteiger partial charge in [-0.2, -0.15) is 17.4 Å². The molecule has 5 nitrogen and oxygen atoms in total. The maximum absolute atomic E-state index is 12.1. The molecule has 0 saturated heterocycles. The zero-order chi connectivity index (χ0) is 15.1. The molecule has 0 bridgehead atoms. The van der Waals surface area contributed by atoms with E-state index >= 15 is 0 Å². The number of nitrogens with one attached hydrogen (secondary N) is 2. The lowest BCUT2D eigenvalue weighted by atomic mass is 9.89. The van der Waals surface area contributed by atoms with E-state index in [1.807, 2.05) is 27.7 Å². The van der Waals surface area contributed by atoms with Gasteiger partial charge in [0.15, 0.2) is 0 Å². The third kappa shape index (κ3) is 7.87. The van der Waals surface area contributed by atoms with E-state index in [0.29, 0.717) is 6.54 Å². The van der Waals surface area contributed by atoms with E-state index in [0.717, 1.165) is 25.9 Å². The summed E-state index contributed by atoms with van der Waals surface area (Å²) in [5.74, 6) is 0. The van der Waals surface area contributed by atoms with Crippen LogP contribution in [-0.4, -0.2) is 45.4 Å². The summed E-state index contributed by atoms with van der Waals surface area (Å²) in [6, 6.07) is -0.0989. The summed E-state index contributed by atoms with van der Waals surface area (Å²) in [7, 11) is -1.76. The van der Waals surface area contributed by atoms with Crippen LogP contribution in [0.2, 0.25) is 0 Å². The van der Waals surface area contributed by atoms with Gasteiger partial charge in [0, 0.05) is 19.6 Å². The Kier molecular flexibility index (Phi) is 8.12. The summed E-state index contributed by atoms with van der Waals surface area (Å²) in [5, 5.41) is 3.27. The Morgan fingerprint density at radius 3 is 2.26 bits per heavy atom. The smallest absolute Gasteiger partial charge is 0.279 e. The van der Waals surface area contributed by atoms with E-state index in [4.69, 9.17) is 0 Å². The predicted octanol–water partition coefficient (Wildman–Crippen LogP) is 1.58. The molecule has 0 aliphatic heterocycles. The highest BCUT2D eigenvalue weighted by Crippen LogP contribution is 2.19. The van der Waals surface area contributed by atoms with Crippen molar-refractivity contribution in [3.63, 3.8) is 0 Å². The molecule has 0 radical (unpaired) electrons. The molecule has 1 atom stereocenters. The third-order valence-corrected chi connectivity index (χ3v) is 4.94. The molecule has 0 aromatic heterocycles. The van der Waals surface area contributed by atoms with Crippen LogP contribution < -0.4 is 10.0 Å². The molecule has 0 rings (SSSR count). The van der Waals surface area contributed by atoms with Crippen LogP contribution in [0.5, 0.6) is 0 Å². The van der Waals surface area contributed by atoms with Gasteiger partial charge in [-0.15, -0.1) is 0 Å². The first kappa shape index (κ1) is 18.8. The van der Waals surface area contributed by atoms with Gasteiger partial charge in [-0.1, -0.05) is 27.7 Å². The highest BCUT2D eigenvalue weighted by atomic mass is 32.2. The predicted molar refractivity (Wildman–Crippen MR) is 81.4 cm³/mol. The normalized spacial score (nSPS) is 14.9. The van der Waals surface area contributed by atoms with E-state index in [1.54, 1.807) is 7.05 Å². The number of hydrogen-bond donors (Lipinski definition) is 2. The average molecular weight is 293 g/mol. The molecule has 0 saturated carbocycles. The Morgan fingerprint density at radius 1 is 1.21 bits per heavy atom. The van der Waals surface area contributed by atoms with Crippen LogP contribution >= 0.6 is 0 Å². The summed E-state index contributed by atoms with van der Waals surface area (Å²) in [6.07, 6.45) is 1.92. The molecule has 0 amide bonds. The van der Waals surface area contributed by atoms with Gasteiger partial charge in [0.2, 0.25) is 0 Å². The Labute approximate surface area is 119 Å². The van der Waals surface area contributed by atoms with Crippen LogP contribution in [0.15, 0.2) is 0 Å². The molecule has 0 aromatic rings. The van der Waals surface area contributed by atoms with Gasteiger partial charge in [0.1, 0.15) is 0 Å². The van der Waals surface area contributed by atoms with Crippen LogP contribution in [0.3, 0.4) is 0 Å². The van der Waals surface area contributed by atoms with Crippen LogP contribution in [-0.2, 0) is 10.2 Å². The Bertz CT molecular complexity index is 336. The van der Waals surface area contributed by atoms with Gasteiger partial charge in [-0.05, 0) is 38.3 Å². The first-order valence-corrected chi connectivity index (χ1v) is 8.49. The van der Waals surface area contributed by atoms with Crippen molar-refractivity contribution in [3.05, 3.63) is 0 Å². The van der Waals surface area contributed by atoms with Crippen LogP contribution in [0, 0.1) is 5.41 Å². The summed E-state index contributed by atoms with van der Waals surface area (Å²) in [4.78, 5) is 0. The molecule has 0 aliphatic carbocycles. The van der Waals surface area contributed by atoms with Crippen molar-refractivity contribution < 1.29 is 8.42 Å². The molecule has 0 fully saturated rings. The first-order valence-electron chi connectivity index (χ1n) is 7.05. The Balaban J connectivity index is 4.18. The Hall–Kier alpha value is -0.170. The molecule has 116 valence electrons. The standard InChI is InChI=1S/C13H31N3O2S/c1-7-9-14-10-8-11-16(6)19(17,18)15-12(2)13(3,4)5/h12,14-15H,7-11H2,1-6H3. The van der Waals surface area contributed by atoms with Crippen LogP contribution in [0.4, 0.5) is 0 Å². The maximum atomic E-state index is 12.1. The number of hydrogen-bond acceptors (Lipinski definition) is 3. The van der Waals surface area contributed by atoms with Gasteiger partial charge < -0.3 is 5.32 Å². The van der Waals surface area contributed by atoms with Crippen molar-refractivity contribution in [1.29, 1.82) is 0 Å². The van der Waals surface area contributed by atoms with Gasteiger partial charge in [-0.3, -0.25) is 0 Å². The quantitative estimate of drug-likeness (QED) is 0.635. The first-order chi connectivity index (χ1) is 8.61. The lowest BCUT2D eigenvalue weighted by Crippen LogP contribution is -2.47. The average Bonchev–Trinajstić information content (AvgIpc) is 2.26. The fourth-order valence-corrected chi connectivity index (χ4v) is 2.69. The molecule has 1 unspecified atom stereocenters. The highest BCUT2D eigenvalue weighted by Gasteiger charge is 2.26. The molecule has 0 heterocycles. The topological polar surface area (TPSA) is 61.4 Å². The SMILES string of the molecule is CCCNCCCN(C)S(=O)(=O)NC(C)C(C)(C)C. The van der Waals surface area contributed by atoms with E-state index in [-0.39, 0.29) is 11.5 Å². The third-order valence-electron chi connectivity index (χ3n) is 3.29. The number of nitrogens with zero attached hydrogens (tertiary/aromatic N) is 1. The molecule has 0 aliphatic rings. The largest absolute Gasteiger partial charge is 0.317 e. The molecule has 0 aromatic carbocycles. The minimum Gasteiger partial charge on any atom is -0.317 e. The second-order valence-corrected chi connectivity index (χ2v) is 7.94. The molecule has 0 spiro atoms. The van der Waals surface area contributed by atoms with Crippen molar-refractivity contribution in [3.8, 4) is 0 Å². The second kappa shape index (κ2) is 8.19. The van der Waals surface area contributed by atoms with Gasteiger partial charge >= 0.3 is 0 Å². The summed E-state index contributed by atoms with van der Waals surface area (Å²) in [5.41, 5.74) is -0.0867. The highest BCUT2D eigenvalue weighted by molar-refractivity contribution is 7.87. The van der Waals surface area contributed by atoms with Crippen molar-refractivity contribution in [2.45, 2.75) is 53.5 Å². The molecular formula is C13H31N3O2S. The molecule has 19 heavy (non-hydrogen) atoms. The minimum atomic E-state index is -3.38. The van der Waals surface area contributed by atoms with Gasteiger partial charge in [0.25, 0.3) is 10.2 Å². The molecule has 2 N–H and O–H groups in total. The maximum Gasteiger partial charge on any atom is 0.279 e. The van der Waals surface area contributed by atoms with Gasteiger partial charge in [-0.25, -0.2) is 0 Å². The zero-order valence-corrected chi connectivity index (χ0v) is 14.1. The zero-order valence-electron chi connectivity index (χ0n) is 13.3. The lowest BCUT2D eigenvalue weighted by Gasteiger charge is -2.29. The summed E-state index contributed by atoms with van der Waals surface area (Å²) >= 11 is 0. The molecular weight excluding hydrogens is 262 g/mol. The van der Waals surface area contributed by atoms with Crippen LogP contribution in [0.1, 0.15) is 47.5 Å². The minimum absolute atomic E-state index is 0.0867.